The fraction of sp³-hybridized carbons (Fsp3) is 0.565. The maximum atomic E-state index is 13.7. The van der Waals surface area contributed by atoms with Crippen LogP contribution in [0.5, 0.6) is 0 Å². The highest BCUT2D eigenvalue weighted by Crippen LogP contribution is 2.28. The SMILES string of the molecule is COCC(=O)N1CCN(C(=O)c2cc(F)cc(F)c2)C1C(=O)NC(CC(=O)O)C1CCCCC1. The molecule has 1 saturated carbocycles. The molecule has 186 valence electrons. The Hall–Kier alpha value is -3.08. The average Bonchev–Trinajstić information content (AvgIpc) is 3.23. The number of ether oxygens (including phenoxy) is 1. The van der Waals surface area contributed by atoms with E-state index in [1.807, 2.05) is 0 Å². The molecule has 0 radical (unpaired) electrons. The minimum atomic E-state index is -1.40. The Morgan fingerprint density at radius 2 is 1.68 bits per heavy atom. The highest BCUT2D eigenvalue weighted by Gasteiger charge is 2.44. The zero-order valence-corrected chi connectivity index (χ0v) is 19.0. The Labute approximate surface area is 196 Å². The zero-order valence-electron chi connectivity index (χ0n) is 19.0. The van der Waals surface area contributed by atoms with Crippen LogP contribution in [0.4, 0.5) is 8.78 Å². The molecule has 0 spiro atoms. The number of halogens is 2. The number of nitrogens with zero attached hydrogens (tertiary/aromatic N) is 2. The summed E-state index contributed by atoms with van der Waals surface area (Å²) in [6.07, 6.45) is 2.72. The van der Waals surface area contributed by atoms with E-state index in [9.17, 15) is 33.1 Å². The fourth-order valence-electron chi connectivity index (χ4n) is 4.75. The van der Waals surface area contributed by atoms with E-state index >= 15 is 0 Å². The summed E-state index contributed by atoms with van der Waals surface area (Å²) in [6, 6.07) is 1.67. The van der Waals surface area contributed by atoms with Crippen LogP contribution in [0.25, 0.3) is 0 Å². The van der Waals surface area contributed by atoms with Gasteiger partial charge in [0.25, 0.3) is 17.7 Å². The lowest BCUT2D eigenvalue weighted by Gasteiger charge is -2.34. The monoisotopic (exact) mass is 481 g/mol. The summed E-state index contributed by atoms with van der Waals surface area (Å²) in [7, 11) is 1.31. The third-order valence-corrected chi connectivity index (χ3v) is 6.31. The number of aliphatic carboxylic acids is 1. The third kappa shape index (κ3) is 6.07. The number of hydrogen-bond donors (Lipinski definition) is 2. The van der Waals surface area contributed by atoms with Gasteiger partial charge in [-0.2, -0.15) is 0 Å². The molecule has 9 nitrogen and oxygen atoms in total. The van der Waals surface area contributed by atoms with Crippen molar-refractivity contribution < 1.29 is 37.8 Å². The van der Waals surface area contributed by atoms with Crippen LogP contribution in [0.15, 0.2) is 18.2 Å². The van der Waals surface area contributed by atoms with Gasteiger partial charge in [0.1, 0.15) is 18.2 Å². The predicted molar refractivity (Wildman–Crippen MR) is 116 cm³/mol. The van der Waals surface area contributed by atoms with Gasteiger partial charge in [-0.25, -0.2) is 8.78 Å². The van der Waals surface area contributed by atoms with Crippen LogP contribution in [-0.2, 0) is 19.1 Å². The van der Waals surface area contributed by atoms with Crippen molar-refractivity contribution in [1.29, 1.82) is 0 Å². The van der Waals surface area contributed by atoms with Gasteiger partial charge in [-0.05, 0) is 30.9 Å². The molecule has 2 unspecified atom stereocenters. The lowest BCUT2D eigenvalue weighted by atomic mass is 9.82. The molecule has 1 aliphatic carbocycles. The van der Waals surface area contributed by atoms with Gasteiger partial charge >= 0.3 is 5.97 Å². The van der Waals surface area contributed by atoms with E-state index in [4.69, 9.17) is 4.74 Å². The number of amides is 3. The molecular weight excluding hydrogens is 452 g/mol. The summed E-state index contributed by atoms with van der Waals surface area (Å²) in [4.78, 5) is 52.8. The quantitative estimate of drug-likeness (QED) is 0.585. The molecule has 3 rings (SSSR count). The van der Waals surface area contributed by atoms with E-state index in [2.05, 4.69) is 5.32 Å². The van der Waals surface area contributed by atoms with Crippen molar-refractivity contribution in [3.8, 4) is 0 Å². The standard InChI is InChI=1S/C23H29F2N3O6/c1-34-13-19(29)27-7-8-28(23(33)15-9-16(24)11-17(25)10-15)22(27)21(32)26-18(12-20(30)31)14-5-3-2-4-6-14/h9-11,14,18,22H,2-8,12-13H2,1H3,(H,26,32)(H,30,31). The molecule has 3 amide bonds. The van der Waals surface area contributed by atoms with E-state index in [1.54, 1.807) is 0 Å². The molecule has 2 aliphatic rings. The lowest BCUT2D eigenvalue weighted by molar-refractivity contribution is -0.145. The van der Waals surface area contributed by atoms with Crippen molar-refractivity contribution in [1.82, 2.24) is 15.1 Å². The number of methoxy groups -OCH3 is 1. The number of rotatable bonds is 8. The number of carboxylic acid groups (broad SMARTS) is 1. The maximum Gasteiger partial charge on any atom is 0.305 e. The Morgan fingerprint density at radius 1 is 1.06 bits per heavy atom. The van der Waals surface area contributed by atoms with Crippen molar-refractivity contribution >= 4 is 23.7 Å². The number of benzene rings is 1. The van der Waals surface area contributed by atoms with Gasteiger partial charge in [0, 0.05) is 37.9 Å². The molecule has 1 saturated heterocycles. The van der Waals surface area contributed by atoms with Crippen molar-refractivity contribution in [2.45, 2.75) is 50.7 Å². The summed E-state index contributed by atoms with van der Waals surface area (Å²) < 4.78 is 32.3. The molecule has 2 fully saturated rings. The second-order valence-electron chi connectivity index (χ2n) is 8.66. The molecule has 1 heterocycles. The summed E-state index contributed by atoms with van der Waals surface area (Å²) >= 11 is 0. The van der Waals surface area contributed by atoms with Crippen LogP contribution in [0.2, 0.25) is 0 Å². The molecule has 1 aromatic carbocycles. The van der Waals surface area contributed by atoms with Gasteiger partial charge < -0.3 is 25.0 Å². The van der Waals surface area contributed by atoms with Crippen LogP contribution in [0.3, 0.4) is 0 Å². The fourth-order valence-corrected chi connectivity index (χ4v) is 4.75. The van der Waals surface area contributed by atoms with Gasteiger partial charge in [-0.1, -0.05) is 19.3 Å². The summed E-state index contributed by atoms with van der Waals surface area (Å²) in [5.74, 6) is -5.10. The molecule has 1 aliphatic heterocycles. The van der Waals surface area contributed by atoms with Crippen LogP contribution in [0.1, 0.15) is 48.9 Å². The molecule has 0 bridgehead atoms. The first-order valence-corrected chi connectivity index (χ1v) is 11.3. The Morgan fingerprint density at radius 3 is 2.26 bits per heavy atom. The van der Waals surface area contributed by atoms with Crippen LogP contribution < -0.4 is 5.32 Å². The van der Waals surface area contributed by atoms with Crippen molar-refractivity contribution in [3.05, 3.63) is 35.4 Å². The van der Waals surface area contributed by atoms with E-state index in [0.29, 0.717) is 6.07 Å². The molecule has 2 atom stereocenters. The molecule has 2 N–H and O–H groups in total. The number of carboxylic acids is 1. The number of carbonyl (C=O) groups is 4. The summed E-state index contributed by atoms with van der Waals surface area (Å²) in [6.45, 7) is -0.365. The van der Waals surface area contributed by atoms with E-state index < -0.39 is 47.5 Å². The lowest BCUT2D eigenvalue weighted by Crippen LogP contribution is -2.57. The number of nitrogens with one attached hydrogen (secondary N) is 1. The van der Waals surface area contributed by atoms with Crippen molar-refractivity contribution in [2.75, 3.05) is 26.8 Å². The minimum absolute atomic E-state index is 0.0108. The number of hydrogen-bond acceptors (Lipinski definition) is 5. The minimum Gasteiger partial charge on any atom is -0.481 e. The highest BCUT2D eigenvalue weighted by molar-refractivity contribution is 5.99. The molecule has 0 aromatic heterocycles. The summed E-state index contributed by atoms with van der Waals surface area (Å²) in [5.41, 5.74) is -0.300. The van der Waals surface area contributed by atoms with Crippen LogP contribution in [0, 0.1) is 17.6 Å². The van der Waals surface area contributed by atoms with Gasteiger partial charge in [-0.15, -0.1) is 0 Å². The normalized spacial score (nSPS) is 19.7. The van der Waals surface area contributed by atoms with Gasteiger partial charge in [0.2, 0.25) is 0 Å². The van der Waals surface area contributed by atoms with Crippen molar-refractivity contribution in [2.24, 2.45) is 5.92 Å². The Balaban J connectivity index is 1.88. The second kappa shape index (κ2) is 11.4. The average molecular weight is 481 g/mol. The first-order valence-electron chi connectivity index (χ1n) is 11.3. The first-order chi connectivity index (χ1) is 16.2. The number of carbonyl (C=O) groups excluding carboxylic acids is 3. The molecular formula is C23H29F2N3O6. The molecule has 1 aromatic rings. The second-order valence-corrected chi connectivity index (χ2v) is 8.66. The first kappa shape index (κ1) is 25.5. The maximum absolute atomic E-state index is 13.7. The topological polar surface area (TPSA) is 116 Å². The highest BCUT2D eigenvalue weighted by atomic mass is 19.1. The van der Waals surface area contributed by atoms with E-state index in [-0.39, 0.29) is 37.6 Å². The van der Waals surface area contributed by atoms with Crippen molar-refractivity contribution in [3.63, 3.8) is 0 Å². The third-order valence-electron chi connectivity index (χ3n) is 6.31. The zero-order chi connectivity index (χ0) is 24.8. The van der Waals surface area contributed by atoms with Gasteiger partial charge in [-0.3, -0.25) is 19.2 Å². The Bertz CT molecular complexity index is 917. The largest absolute Gasteiger partial charge is 0.481 e. The molecule has 34 heavy (non-hydrogen) atoms. The predicted octanol–water partition coefficient (Wildman–Crippen LogP) is 1.76. The van der Waals surface area contributed by atoms with Crippen LogP contribution >= 0.6 is 0 Å². The Kier molecular flexibility index (Phi) is 8.54. The molecule has 11 heteroatoms. The van der Waals surface area contributed by atoms with Gasteiger partial charge in [0.15, 0.2) is 6.17 Å². The van der Waals surface area contributed by atoms with Gasteiger partial charge in [0.05, 0.1) is 6.42 Å². The van der Waals surface area contributed by atoms with E-state index in [0.717, 1.165) is 54.0 Å². The van der Waals surface area contributed by atoms with Crippen LogP contribution in [-0.4, -0.2) is 77.6 Å². The summed E-state index contributed by atoms with van der Waals surface area (Å²) in [5, 5.41) is 12.1. The smallest absolute Gasteiger partial charge is 0.305 e. The van der Waals surface area contributed by atoms with E-state index in [1.165, 1.54) is 7.11 Å².